The van der Waals surface area contributed by atoms with Crippen molar-refractivity contribution in [2.75, 3.05) is 39.8 Å². The molecule has 0 spiro atoms. The molecule has 0 aromatic carbocycles. The van der Waals surface area contributed by atoms with Gasteiger partial charge in [-0.25, -0.2) is 0 Å². The lowest BCUT2D eigenvalue weighted by Crippen LogP contribution is -2.45. The summed E-state index contributed by atoms with van der Waals surface area (Å²) in [5.41, 5.74) is 0. The van der Waals surface area contributed by atoms with Crippen LogP contribution in [0.1, 0.15) is 32.1 Å². The summed E-state index contributed by atoms with van der Waals surface area (Å²) in [6.45, 7) is 5.34. The molecule has 0 aliphatic carbocycles. The van der Waals surface area contributed by atoms with Crippen LogP contribution in [0.15, 0.2) is 0 Å². The zero-order valence-electron chi connectivity index (χ0n) is 11.0. The number of amides is 1. The normalized spacial score (nSPS) is 27.2. The minimum absolute atomic E-state index is 0.149. The van der Waals surface area contributed by atoms with E-state index in [1.165, 1.54) is 45.2 Å². The van der Waals surface area contributed by atoms with E-state index in [0.717, 1.165) is 13.1 Å². The largest absolute Gasteiger partial charge is 0.358 e. The van der Waals surface area contributed by atoms with Gasteiger partial charge in [-0.1, -0.05) is 6.42 Å². The van der Waals surface area contributed by atoms with Crippen molar-refractivity contribution < 1.29 is 4.79 Å². The fourth-order valence-corrected chi connectivity index (χ4v) is 3.01. The van der Waals surface area contributed by atoms with Gasteiger partial charge in [0.2, 0.25) is 5.91 Å². The molecule has 2 aliphatic heterocycles. The van der Waals surface area contributed by atoms with Crippen LogP contribution in [0.4, 0.5) is 0 Å². The zero-order valence-corrected chi connectivity index (χ0v) is 11.0. The molecule has 2 rings (SSSR count). The molecule has 98 valence electrons. The van der Waals surface area contributed by atoms with E-state index in [2.05, 4.69) is 15.1 Å². The van der Waals surface area contributed by atoms with Gasteiger partial charge in [-0.2, -0.15) is 0 Å². The summed E-state index contributed by atoms with van der Waals surface area (Å²) in [5.74, 6) is 0.149. The van der Waals surface area contributed by atoms with Crippen molar-refractivity contribution in [2.24, 2.45) is 0 Å². The van der Waals surface area contributed by atoms with Crippen LogP contribution in [0.3, 0.4) is 0 Å². The maximum Gasteiger partial charge on any atom is 0.233 e. The first-order valence-corrected chi connectivity index (χ1v) is 6.96. The Bertz CT molecular complexity index is 251. The maximum absolute atomic E-state index is 11.4. The van der Waals surface area contributed by atoms with Crippen LogP contribution in [0.2, 0.25) is 0 Å². The molecule has 4 heteroatoms. The molecule has 1 unspecified atom stereocenters. The van der Waals surface area contributed by atoms with Crippen LogP contribution in [0, 0.1) is 0 Å². The Kier molecular flexibility index (Phi) is 4.80. The Morgan fingerprint density at radius 2 is 1.94 bits per heavy atom. The second-order valence-corrected chi connectivity index (χ2v) is 5.30. The van der Waals surface area contributed by atoms with E-state index in [-0.39, 0.29) is 5.91 Å². The van der Waals surface area contributed by atoms with E-state index in [0.29, 0.717) is 12.6 Å². The van der Waals surface area contributed by atoms with Gasteiger partial charge in [0.25, 0.3) is 0 Å². The van der Waals surface area contributed by atoms with Gasteiger partial charge < -0.3 is 10.2 Å². The maximum atomic E-state index is 11.4. The van der Waals surface area contributed by atoms with Gasteiger partial charge >= 0.3 is 0 Å². The van der Waals surface area contributed by atoms with Gasteiger partial charge in [-0.05, 0) is 45.3 Å². The van der Waals surface area contributed by atoms with Crippen molar-refractivity contribution in [2.45, 2.75) is 38.1 Å². The van der Waals surface area contributed by atoms with Gasteiger partial charge in [0.05, 0.1) is 6.54 Å². The molecule has 2 heterocycles. The molecule has 0 saturated carbocycles. The molecule has 2 saturated heterocycles. The molecule has 4 nitrogen and oxygen atoms in total. The van der Waals surface area contributed by atoms with Crippen molar-refractivity contribution in [3.63, 3.8) is 0 Å². The van der Waals surface area contributed by atoms with Crippen molar-refractivity contribution in [1.29, 1.82) is 0 Å². The van der Waals surface area contributed by atoms with E-state index >= 15 is 0 Å². The van der Waals surface area contributed by atoms with Crippen LogP contribution < -0.4 is 5.32 Å². The van der Waals surface area contributed by atoms with Crippen LogP contribution in [0.5, 0.6) is 0 Å². The van der Waals surface area contributed by atoms with Crippen molar-refractivity contribution in [1.82, 2.24) is 15.1 Å². The van der Waals surface area contributed by atoms with Crippen LogP contribution in [0.25, 0.3) is 0 Å². The number of nitrogens with one attached hydrogen (secondary N) is 1. The van der Waals surface area contributed by atoms with Gasteiger partial charge in [0.1, 0.15) is 0 Å². The van der Waals surface area contributed by atoms with Crippen molar-refractivity contribution >= 4 is 5.91 Å². The van der Waals surface area contributed by atoms with Crippen molar-refractivity contribution in [3.05, 3.63) is 0 Å². The van der Waals surface area contributed by atoms with E-state index in [1.54, 1.807) is 7.05 Å². The fourth-order valence-electron chi connectivity index (χ4n) is 3.01. The lowest BCUT2D eigenvalue weighted by atomic mass is 10.1. The van der Waals surface area contributed by atoms with Crippen LogP contribution in [-0.2, 0) is 4.79 Å². The fraction of sp³-hybridized carbons (Fsp3) is 0.923. The number of carbonyl (C=O) groups excluding carboxylic acids is 1. The average Bonchev–Trinajstić information content (AvgIpc) is 2.78. The summed E-state index contributed by atoms with van der Waals surface area (Å²) in [4.78, 5) is 16.4. The number of rotatable bonds is 4. The number of nitrogens with zero attached hydrogens (tertiary/aromatic N) is 2. The number of hydrogen-bond donors (Lipinski definition) is 1. The van der Waals surface area contributed by atoms with Gasteiger partial charge in [-0.15, -0.1) is 0 Å². The summed E-state index contributed by atoms with van der Waals surface area (Å²) >= 11 is 0. The first kappa shape index (κ1) is 12.8. The summed E-state index contributed by atoms with van der Waals surface area (Å²) < 4.78 is 0. The third-order valence-corrected chi connectivity index (χ3v) is 4.04. The SMILES string of the molecule is CNC(=O)CN1CCCC1CN1CCCCC1. The topological polar surface area (TPSA) is 35.6 Å². The molecule has 1 amide bonds. The minimum atomic E-state index is 0.149. The monoisotopic (exact) mass is 239 g/mol. The summed E-state index contributed by atoms with van der Waals surface area (Å²) in [7, 11) is 1.72. The third kappa shape index (κ3) is 3.68. The molecule has 0 aromatic rings. The average molecular weight is 239 g/mol. The molecular formula is C13H25N3O. The lowest BCUT2D eigenvalue weighted by molar-refractivity contribution is -0.122. The lowest BCUT2D eigenvalue weighted by Gasteiger charge is -2.32. The molecule has 0 bridgehead atoms. The molecule has 0 aromatic heterocycles. The second-order valence-electron chi connectivity index (χ2n) is 5.30. The number of carbonyl (C=O) groups is 1. The minimum Gasteiger partial charge on any atom is -0.358 e. The summed E-state index contributed by atoms with van der Waals surface area (Å²) in [5, 5.41) is 2.72. The predicted octanol–water partition coefficient (Wildman–Crippen LogP) is 0.683. The van der Waals surface area contributed by atoms with E-state index < -0.39 is 0 Å². The molecule has 17 heavy (non-hydrogen) atoms. The summed E-state index contributed by atoms with van der Waals surface area (Å²) in [6, 6.07) is 0.602. The van der Waals surface area contributed by atoms with Gasteiger partial charge in [0.15, 0.2) is 0 Å². The van der Waals surface area contributed by atoms with E-state index in [9.17, 15) is 4.79 Å². The number of piperidine rings is 1. The Morgan fingerprint density at radius 3 is 2.65 bits per heavy atom. The Labute approximate surface area is 104 Å². The summed E-state index contributed by atoms with van der Waals surface area (Å²) in [6.07, 6.45) is 6.59. The van der Waals surface area contributed by atoms with Gasteiger partial charge in [-0.3, -0.25) is 9.69 Å². The molecule has 1 N–H and O–H groups in total. The molecule has 0 radical (unpaired) electrons. The number of hydrogen-bond acceptors (Lipinski definition) is 3. The van der Waals surface area contributed by atoms with Crippen LogP contribution >= 0.6 is 0 Å². The Balaban J connectivity index is 1.79. The first-order valence-electron chi connectivity index (χ1n) is 6.96. The zero-order chi connectivity index (χ0) is 12.1. The highest BCUT2D eigenvalue weighted by Crippen LogP contribution is 2.19. The highest BCUT2D eigenvalue weighted by atomic mass is 16.1. The molecular weight excluding hydrogens is 214 g/mol. The number of likely N-dealkylation sites (tertiary alicyclic amines) is 2. The number of likely N-dealkylation sites (N-methyl/N-ethyl adjacent to an activating group) is 1. The smallest absolute Gasteiger partial charge is 0.233 e. The quantitative estimate of drug-likeness (QED) is 0.784. The second kappa shape index (κ2) is 6.36. The van der Waals surface area contributed by atoms with Crippen LogP contribution in [-0.4, -0.2) is 61.5 Å². The molecule has 2 aliphatic rings. The third-order valence-electron chi connectivity index (χ3n) is 4.04. The predicted molar refractivity (Wildman–Crippen MR) is 69.0 cm³/mol. The highest BCUT2D eigenvalue weighted by Gasteiger charge is 2.27. The molecule has 1 atom stereocenters. The van der Waals surface area contributed by atoms with E-state index in [1.807, 2.05) is 0 Å². The van der Waals surface area contributed by atoms with Crippen molar-refractivity contribution in [3.8, 4) is 0 Å². The Hall–Kier alpha value is -0.610. The highest BCUT2D eigenvalue weighted by molar-refractivity contribution is 5.77. The Morgan fingerprint density at radius 1 is 1.18 bits per heavy atom. The van der Waals surface area contributed by atoms with Gasteiger partial charge in [0, 0.05) is 19.6 Å². The standard InChI is InChI=1S/C13H25N3O/c1-14-13(17)11-16-9-5-6-12(16)10-15-7-3-2-4-8-15/h12H,2-11H2,1H3,(H,14,17). The molecule has 2 fully saturated rings. The first-order chi connectivity index (χ1) is 8.29. The van der Waals surface area contributed by atoms with E-state index in [4.69, 9.17) is 0 Å².